The van der Waals surface area contributed by atoms with E-state index in [4.69, 9.17) is 10.5 Å². The van der Waals surface area contributed by atoms with Gasteiger partial charge in [0.2, 0.25) is 0 Å². The van der Waals surface area contributed by atoms with Crippen LogP contribution < -0.4 is 10.6 Å². The summed E-state index contributed by atoms with van der Waals surface area (Å²) >= 11 is 0. The van der Waals surface area contributed by atoms with Crippen molar-refractivity contribution in [2.45, 2.75) is 45.3 Å². The van der Waals surface area contributed by atoms with Crippen molar-refractivity contribution in [3.8, 4) is 0 Å². The first kappa shape index (κ1) is 15.1. The van der Waals surface area contributed by atoms with Gasteiger partial charge in [-0.15, -0.1) is 0 Å². The normalized spacial score (nSPS) is 18.5. The molecule has 6 nitrogen and oxygen atoms in total. The molecule has 3 N–H and O–H groups in total. The number of rotatable bonds is 4. The van der Waals surface area contributed by atoms with Crippen molar-refractivity contribution < 1.29 is 9.84 Å². The maximum absolute atomic E-state index is 10.6. The number of nitrogens with two attached hydrogens (primary N) is 1. The largest absolute Gasteiger partial charge is 0.394 e. The van der Waals surface area contributed by atoms with Gasteiger partial charge in [-0.05, 0) is 20.8 Å². The maximum Gasteiger partial charge on any atom is 0.150 e. The number of anilines is 2. The molecule has 1 saturated heterocycles. The Bertz CT molecular complexity index is 464. The van der Waals surface area contributed by atoms with Crippen LogP contribution in [0.3, 0.4) is 0 Å². The van der Waals surface area contributed by atoms with Crippen LogP contribution in [0.1, 0.15) is 38.4 Å². The molecule has 0 amide bonds. The Hall–Kier alpha value is -1.27. The third-order valence-corrected chi connectivity index (χ3v) is 3.91. The lowest BCUT2D eigenvalue weighted by Gasteiger charge is -2.36. The van der Waals surface area contributed by atoms with Crippen molar-refractivity contribution in [3.05, 3.63) is 5.69 Å². The minimum atomic E-state index is -0.709. The van der Waals surface area contributed by atoms with Crippen LogP contribution in [0.15, 0.2) is 0 Å². The molecule has 1 aromatic heterocycles. The molecule has 2 rings (SSSR count). The Labute approximate surface area is 120 Å². The van der Waals surface area contributed by atoms with E-state index in [9.17, 15) is 5.11 Å². The zero-order valence-corrected chi connectivity index (χ0v) is 12.9. The van der Waals surface area contributed by atoms with Gasteiger partial charge in [0, 0.05) is 45.7 Å². The molecule has 20 heavy (non-hydrogen) atoms. The van der Waals surface area contributed by atoms with Crippen molar-refractivity contribution in [3.63, 3.8) is 0 Å². The lowest BCUT2D eigenvalue weighted by Crippen LogP contribution is -2.46. The molecule has 1 aliphatic rings. The second kappa shape index (κ2) is 5.61. The fourth-order valence-electron chi connectivity index (χ4n) is 2.71. The topological polar surface area (TPSA) is 76.5 Å². The van der Waals surface area contributed by atoms with Crippen LogP contribution in [0, 0.1) is 6.92 Å². The standard InChI is InChI=1S/C14H26N4O2/c1-10(2)18-13(12(15)11(3)16-18)17(4)9-14(19)5-7-20-8-6-14/h10,19H,5-9,15H2,1-4H3. The number of hydrogen-bond donors (Lipinski definition) is 2. The molecule has 0 unspecified atom stereocenters. The first-order chi connectivity index (χ1) is 9.34. The zero-order chi connectivity index (χ0) is 14.9. The van der Waals surface area contributed by atoms with Crippen LogP contribution >= 0.6 is 0 Å². The van der Waals surface area contributed by atoms with Crippen molar-refractivity contribution in [1.82, 2.24) is 9.78 Å². The molecule has 1 aromatic rings. The molecule has 0 radical (unpaired) electrons. The average molecular weight is 282 g/mol. The van der Waals surface area contributed by atoms with Crippen LogP contribution in [-0.2, 0) is 4.74 Å². The average Bonchev–Trinajstić information content (AvgIpc) is 2.66. The minimum absolute atomic E-state index is 0.229. The Balaban J connectivity index is 2.22. The second-order valence-electron chi connectivity index (χ2n) is 6.05. The summed E-state index contributed by atoms with van der Waals surface area (Å²) < 4.78 is 7.25. The molecule has 0 aromatic carbocycles. The van der Waals surface area contributed by atoms with Crippen LogP contribution in [0.2, 0.25) is 0 Å². The van der Waals surface area contributed by atoms with E-state index in [1.807, 2.05) is 23.6 Å². The number of aryl methyl sites for hydroxylation is 1. The third kappa shape index (κ3) is 2.91. The van der Waals surface area contributed by atoms with E-state index in [1.165, 1.54) is 0 Å². The van der Waals surface area contributed by atoms with Crippen molar-refractivity contribution in [2.75, 3.05) is 37.4 Å². The molecule has 1 aliphatic heterocycles. The van der Waals surface area contributed by atoms with Gasteiger partial charge in [0.05, 0.1) is 17.0 Å². The van der Waals surface area contributed by atoms with Gasteiger partial charge in [0.25, 0.3) is 0 Å². The Morgan fingerprint density at radius 3 is 2.60 bits per heavy atom. The Morgan fingerprint density at radius 2 is 2.05 bits per heavy atom. The highest BCUT2D eigenvalue weighted by atomic mass is 16.5. The van der Waals surface area contributed by atoms with Gasteiger partial charge in [0.1, 0.15) is 0 Å². The van der Waals surface area contributed by atoms with Gasteiger partial charge in [-0.1, -0.05) is 0 Å². The van der Waals surface area contributed by atoms with Crippen LogP contribution in [0.25, 0.3) is 0 Å². The van der Waals surface area contributed by atoms with Crippen LogP contribution in [0.4, 0.5) is 11.5 Å². The number of ether oxygens (including phenoxy) is 1. The predicted octanol–water partition coefficient (Wildman–Crippen LogP) is 1.33. The fraction of sp³-hybridized carbons (Fsp3) is 0.786. The number of hydrogen-bond acceptors (Lipinski definition) is 5. The molecule has 114 valence electrons. The SMILES string of the molecule is Cc1nn(C(C)C)c(N(C)CC2(O)CCOCC2)c1N. The van der Waals surface area contributed by atoms with Gasteiger partial charge < -0.3 is 20.5 Å². The summed E-state index contributed by atoms with van der Waals surface area (Å²) in [7, 11) is 1.96. The monoisotopic (exact) mass is 282 g/mol. The van der Waals surface area contributed by atoms with Crippen molar-refractivity contribution >= 4 is 11.5 Å². The number of nitrogens with zero attached hydrogens (tertiary/aromatic N) is 3. The summed E-state index contributed by atoms with van der Waals surface area (Å²) in [5.74, 6) is 0.886. The summed E-state index contributed by atoms with van der Waals surface area (Å²) in [5, 5.41) is 15.1. The van der Waals surface area contributed by atoms with Crippen molar-refractivity contribution in [1.29, 1.82) is 0 Å². The molecule has 0 aliphatic carbocycles. The zero-order valence-electron chi connectivity index (χ0n) is 12.9. The lowest BCUT2D eigenvalue weighted by molar-refractivity contribution is -0.0573. The van der Waals surface area contributed by atoms with E-state index >= 15 is 0 Å². The van der Waals surface area contributed by atoms with Gasteiger partial charge in [-0.25, -0.2) is 4.68 Å². The number of aromatic nitrogens is 2. The summed E-state index contributed by atoms with van der Waals surface area (Å²) in [5.41, 5.74) is 6.97. The van der Waals surface area contributed by atoms with E-state index in [0.29, 0.717) is 38.3 Å². The quantitative estimate of drug-likeness (QED) is 0.871. The number of likely N-dealkylation sites (N-methyl/N-ethyl adjacent to an activating group) is 1. The second-order valence-corrected chi connectivity index (χ2v) is 6.05. The van der Waals surface area contributed by atoms with E-state index in [2.05, 4.69) is 18.9 Å². The van der Waals surface area contributed by atoms with Crippen molar-refractivity contribution in [2.24, 2.45) is 0 Å². The summed E-state index contributed by atoms with van der Waals surface area (Å²) in [6, 6.07) is 0.229. The molecule has 0 saturated carbocycles. The fourth-order valence-corrected chi connectivity index (χ4v) is 2.71. The van der Waals surface area contributed by atoms with E-state index in [-0.39, 0.29) is 6.04 Å². The summed E-state index contributed by atoms with van der Waals surface area (Å²) in [6.45, 7) is 7.83. The number of aliphatic hydroxyl groups is 1. The molecular weight excluding hydrogens is 256 g/mol. The maximum atomic E-state index is 10.6. The van der Waals surface area contributed by atoms with Crippen LogP contribution in [-0.4, -0.2) is 47.3 Å². The molecule has 0 atom stereocenters. The van der Waals surface area contributed by atoms with Gasteiger partial charge in [-0.2, -0.15) is 5.10 Å². The predicted molar refractivity (Wildman–Crippen MR) is 80.0 cm³/mol. The minimum Gasteiger partial charge on any atom is -0.394 e. The molecule has 0 spiro atoms. The summed E-state index contributed by atoms with van der Waals surface area (Å²) in [6.07, 6.45) is 1.32. The van der Waals surface area contributed by atoms with Crippen LogP contribution in [0.5, 0.6) is 0 Å². The first-order valence-corrected chi connectivity index (χ1v) is 7.20. The van der Waals surface area contributed by atoms with Gasteiger partial charge in [0.15, 0.2) is 5.82 Å². The van der Waals surface area contributed by atoms with E-state index in [0.717, 1.165) is 11.5 Å². The van der Waals surface area contributed by atoms with Gasteiger partial charge >= 0.3 is 0 Å². The highest BCUT2D eigenvalue weighted by Crippen LogP contribution is 2.31. The first-order valence-electron chi connectivity index (χ1n) is 7.20. The molecule has 6 heteroatoms. The highest BCUT2D eigenvalue weighted by Gasteiger charge is 2.32. The van der Waals surface area contributed by atoms with Gasteiger partial charge in [-0.3, -0.25) is 0 Å². The number of nitrogen functional groups attached to an aromatic ring is 1. The van der Waals surface area contributed by atoms with E-state index in [1.54, 1.807) is 0 Å². The molecular formula is C14H26N4O2. The third-order valence-electron chi connectivity index (χ3n) is 3.91. The Kier molecular flexibility index (Phi) is 4.25. The van der Waals surface area contributed by atoms with E-state index < -0.39 is 5.60 Å². The molecule has 0 bridgehead atoms. The lowest BCUT2D eigenvalue weighted by atomic mass is 9.94. The molecule has 2 heterocycles. The Morgan fingerprint density at radius 1 is 1.45 bits per heavy atom. The molecule has 1 fully saturated rings. The smallest absolute Gasteiger partial charge is 0.150 e. The summed E-state index contributed by atoms with van der Waals surface area (Å²) in [4.78, 5) is 2.01. The highest BCUT2D eigenvalue weighted by molar-refractivity contribution is 5.66.